The Labute approximate surface area is 119 Å². The summed E-state index contributed by atoms with van der Waals surface area (Å²) in [5, 5.41) is 12.9. The zero-order chi connectivity index (χ0) is 14.1. The van der Waals surface area contributed by atoms with Gasteiger partial charge in [0.2, 0.25) is 0 Å². The van der Waals surface area contributed by atoms with Crippen LogP contribution >= 0.6 is 0 Å². The van der Waals surface area contributed by atoms with E-state index < -0.39 is 0 Å². The summed E-state index contributed by atoms with van der Waals surface area (Å²) in [5.74, 6) is 0. The lowest BCUT2D eigenvalue weighted by atomic mass is 9.95. The quantitative estimate of drug-likeness (QED) is 0.666. The maximum atomic E-state index is 9.47. The second-order valence-corrected chi connectivity index (χ2v) is 6.44. The molecular formula is C16H34N2O. The number of rotatable bonds is 8. The lowest BCUT2D eigenvalue weighted by Crippen LogP contribution is -2.45. The fourth-order valence-corrected chi connectivity index (χ4v) is 3.15. The van der Waals surface area contributed by atoms with Crippen molar-refractivity contribution in [2.24, 2.45) is 0 Å². The summed E-state index contributed by atoms with van der Waals surface area (Å²) < 4.78 is 0. The van der Waals surface area contributed by atoms with Gasteiger partial charge in [-0.15, -0.1) is 0 Å². The van der Waals surface area contributed by atoms with Crippen LogP contribution in [0.3, 0.4) is 0 Å². The third-order valence-corrected chi connectivity index (χ3v) is 4.57. The van der Waals surface area contributed by atoms with Gasteiger partial charge < -0.3 is 15.3 Å². The second kappa shape index (κ2) is 8.93. The Bertz CT molecular complexity index is 235. The SMILES string of the molecule is CCNC(C)(CO)CCCCN1CCCCCC1C. The lowest BCUT2D eigenvalue weighted by molar-refractivity contribution is 0.159. The highest BCUT2D eigenvalue weighted by molar-refractivity contribution is 4.81. The van der Waals surface area contributed by atoms with E-state index in [2.05, 4.69) is 31.0 Å². The van der Waals surface area contributed by atoms with Crippen LogP contribution in [0.1, 0.15) is 65.7 Å². The van der Waals surface area contributed by atoms with E-state index in [9.17, 15) is 5.11 Å². The molecule has 3 heteroatoms. The highest BCUT2D eigenvalue weighted by Gasteiger charge is 2.21. The van der Waals surface area contributed by atoms with Gasteiger partial charge in [-0.2, -0.15) is 0 Å². The molecular weight excluding hydrogens is 236 g/mol. The molecule has 0 aromatic rings. The molecule has 0 amide bonds. The van der Waals surface area contributed by atoms with E-state index in [1.165, 1.54) is 51.6 Å². The largest absolute Gasteiger partial charge is 0.394 e. The lowest BCUT2D eigenvalue weighted by Gasteiger charge is -2.30. The number of aliphatic hydroxyl groups is 1. The van der Waals surface area contributed by atoms with Crippen LogP contribution in [0, 0.1) is 0 Å². The van der Waals surface area contributed by atoms with Crippen LogP contribution in [0.15, 0.2) is 0 Å². The Morgan fingerprint density at radius 3 is 2.74 bits per heavy atom. The number of nitrogens with zero attached hydrogens (tertiary/aromatic N) is 1. The number of nitrogens with one attached hydrogen (secondary N) is 1. The molecule has 1 heterocycles. The van der Waals surface area contributed by atoms with Crippen molar-refractivity contribution in [1.82, 2.24) is 10.2 Å². The van der Waals surface area contributed by atoms with Crippen molar-refractivity contribution in [2.45, 2.75) is 77.3 Å². The highest BCUT2D eigenvalue weighted by atomic mass is 16.3. The van der Waals surface area contributed by atoms with Crippen LogP contribution in [0.4, 0.5) is 0 Å². The first-order valence-electron chi connectivity index (χ1n) is 8.21. The van der Waals surface area contributed by atoms with E-state index in [-0.39, 0.29) is 12.1 Å². The first-order chi connectivity index (χ1) is 9.11. The Morgan fingerprint density at radius 2 is 2.05 bits per heavy atom. The Kier molecular flexibility index (Phi) is 7.96. The molecule has 2 unspecified atom stereocenters. The van der Waals surface area contributed by atoms with Gasteiger partial charge in [-0.3, -0.25) is 0 Å². The van der Waals surface area contributed by atoms with Crippen molar-refractivity contribution in [2.75, 3.05) is 26.2 Å². The molecule has 2 atom stereocenters. The van der Waals surface area contributed by atoms with E-state index in [1.54, 1.807) is 0 Å². The highest BCUT2D eigenvalue weighted by Crippen LogP contribution is 2.18. The van der Waals surface area contributed by atoms with E-state index in [4.69, 9.17) is 0 Å². The summed E-state index contributed by atoms with van der Waals surface area (Å²) in [6.07, 6.45) is 9.07. The van der Waals surface area contributed by atoms with Crippen molar-refractivity contribution in [3.8, 4) is 0 Å². The molecule has 19 heavy (non-hydrogen) atoms. The van der Waals surface area contributed by atoms with Crippen molar-refractivity contribution >= 4 is 0 Å². The van der Waals surface area contributed by atoms with Gasteiger partial charge in [-0.25, -0.2) is 0 Å². The standard InChI is InChI=1S/C16H34N2O/c1-4-17-16(3,14-19)11-7-9-13-18-12-8-5-6-10-15(18)2/h15,17,19H,4-14H2,1-3H3. The maximum absolute atomic E-state index is 9.47. The molecule has 3 nitrogen and oxygen atoms in total. The number of likely N-dealkylation sites (N-methyl/N-ethyl adjacent to an activating group) is 1. The fraction of sp³-hybridized carbons (Fsp3) is 1.00. The molecule has 1 aliphatic rings. The zero-order valence-electron chi connectivity index (χ0n) is 13.2. The van der Waals surface area contributed by atoms with Gasteiger partial charge >= 0.3 is 0 Å². The molecule has 1 rings (SSSR count). The number of hydrogen-bond donors (Lipinski definition) is 2. The number of aliphatic hydroxyl groups excluding tert-OH is 1. The van der Waals surface area contributed by atoms with E-state index in [0.717, 1.165) is 19.0 Å². The topological polar surface area (TPSA) is 35.5 Å². The monoisotopic (exact) mass is 270 g/mol. The number of hydrogen-bond acceptors (Lipinski definition) is 3. The zero-order valence-corrected chi connectivity index (χ0v) is 13.2. The fourth-order valence-electron chi connectivity index (χ4n) is 3.15. The molecule has 0 radical (unpaired) electrons. The molecule has 2 N–H and O–H groups in total. The Balaban J connectivity index is 2.21. The second-order valence-electron chi connectivity index (χ2n) is 6.44. The molecule has 114 valence electrons. The summed E-state index contributed by atoms with van der Waals surface area (Å²) in [7, 11) is 0. The average Bonchev–Trinajstić information content (AvgIpc) is 2.60. The molecule has 0 aromatic carbocycles. The van der Waals surface area contributed by atoms with Crippen molar-refractivity contribution in [1.29, 1.82) is 0 Å². The first-order valence-corrected chi connectivity index (χ1v) is 8.21. The van der Waals surface area contributed by atoms with Crippen LogP contribution in [0.2, 0.25) is 0 Å². The molecule has 1 saturated heterocycles. The summed E-state index contributed by atoms with van der Waals surface area (Å²) in [6, 6.07) is 0.764. The molecule has 0 bridgehead atoms. The number of likely N-dealkylation sites (tertiary alicyclic amines) is 1. The number of unbranched alkanes of at least 4 members (excludes halogenated alkanes) is 1. The van der Waals surface area contributed by atoms with E-state index >= 15 is 0 Å². The van der Waals surface area contributed by atoms with Crippen molar-refractivity contribution in [3.05, 3.63) is 0 Å². The molecule has 0 saturated carbocycles. The smallest absolute Gasteiger partial charge is 0.0610 e. The average molecular weight is 270 g/mol. The normalized spacial score (nSPS) is 24.9. The first kappa shape index (κ1) is 16.9. The summed E-state index contributed by atoms with van der Waals surface area (Å²) >= 11 is 0. The minimum absolute atomic E-state index is 0.0842. The molecule has 1 fully saturated rings. The molecule has 0 spiro atoms. The summed E-state index contributed by atoms with van der Waals surface area (Å²) in [5.41, 5.74) is -0.0842. The van der Waals surface area contributed by atoms with Crippen molar-refractivity contribution < 1.29 is 5.11 Å². The predicted molar refractivity (Wildman–Crippen MR) is 82.5 cm³/mol. The van der Waals surface area contributed by atoms with Crippen LogP contribution in [-0.4, -0.2) is 47.8 Å². The molecule has 1 aliphatic heterocycles. The summed E-state index contributed by atoms with van der Waals surface area (Å²) in [6.45, 7) is 10.3. The van der Waals surface area contributed by atoms with Crippen molar-refractivity contribution in [3.63, 3.8) is 0 Å². The summed E-state index contributed by atoms with van der Waals surface area (Å²) in [4.78, 5) is 2.66. The minimum atomic E-state index is -0.0842. The van der Waals surface area contributed by atoms with Gasteiger partial charge in [-0.05, 0) is 59.2 Å². The van der Waals surface area contributed by atoms with Gasteiger partial charge in [0.15, 0.2) is 0 Å². The van der Waals surface area contributed by atoms with Gasteiger partial charge in [0.1, 0.15) is 0 Å². The van der Waals surface area contributed by atoms with Crippen LogP contribution in [-0.2, 0) is 0 Å². The van der Waals surface area contributed by atoms with Gasteiger partial charge in [0.25, 0.3) is 0 Å². The van der Waals surface area contributed by atoms with E-state index in [0.29, 0.717) is 0 Å². The van der Waals surface area contributed by atoms with Crippen LogP contribution < -0.4 is 5.32 Å². The minimum Gasteiger partial charge on any atom is -0.394 e. The maximum Gasteiger partial charge on any atom is 0.0610 e. The van der Waals surface area contributed by atoms with Gasteiger partial charge in [0, 0.05) is 11.6 Å². The molecule has 0 aromatic heterocycles. The molecule has 0 aliphatic carbocycles. The third-order valence-electron chi connectivity index (χ3n) is 4.57. The Morgan fingerprint density at radius 1 is 1.26 bits per heavy atom. The van der Waals surface area contributed by atoms with Crippen LogP contribution in [0.5, 0.6) is 0 Å². The van der Waals surface area contributed by atoms with E-state index in [1.807, 2.05) is 0 Å². The third kappa shape index (κ3) is 6.24. The van der Waals surface area contributed by atoms with Crippen LogP contribution in [0.25, 0.3) is 0 Å². The Hall–Kier alpha value is -0.120. The van der Waals surface area contributed by atoms with Gasteiger partial charge in [-0.1, -0.05) is 26.2 Å². The van der Waals surface area contributed by atoms with Gasteiger partial charge in [0.05, 0.1) is 6.61 Å². The predicted octanol–water partition coefficient (Wildman–Crippen LogP) is 2.78.